The van der Waals surface area contributed by atoms with Crippen LogP contribution in [0.5, 0.6) is 5.75 Å². The number of rotatable bonds is 5. The number of ether oxygens (including phenoxy) is 1. The highest BCUT2D eigenvalue weighted by molar-refractivity contribution is 5.59. The van der Waals surface area contributed by atoms with Crippen molar-refractivity contribution in [3.05, 3.63) is 75.5 Å². The van der Waals surface area contributed by atoms with Gasteiger partial charge in [-0.05, 0) is 47.5 Å². The molecule has 0 unspecified atom stereocenters. The van der Waals surface area contributed by atoms with Gasteiger partial charge >= 0.3 is 5.69 Å². The van der Waals surface area contributed by atoms with E-state index in [4.69, 9.17) is 4.74 Å². The van der Waals surface area contributed by atoms with Crippen molar-refractivity contribution in [2.45, 2.75) is 20.5 Å². The third-order valence-corrected chi connectivity index (χ3v) is 4.01. The minimum atomic E-state index is -0.363. The SMILES string of the molecule is C/C=C/c1cccc(-n2nnn(C)c2=O)c1COc1cc(F)ccc1C. The zero-order valence-corrected chi connectivity index (χ0v) is 14.8. The zero-order chi connectivity index (χ0) is 18.7. The summed E-state index contributed by atoms with van der Waals surface area (Å²) in [5.74, 6) is 0.0930. The molecule has 0 saturated carbocycles. The summed E-state index contributed by atoms with van der Waals surface area (Å²) in [5.41, 5.74) is 2.69. The average molecular weight is 354 g/mol. The molecule has 0 saturated heterocycles. The molecule has 0 bridgehead atoms. The van der Waals surface area contributed by atoms with E-state index in [2.05, 4.69) is 10.4 Å². The Balaban J connectivity index is 2.05. The summed E-state index contributed by atoms with van der Waals surface area (Å²) in [4.78, 5) is 12.3. The van der Waals surface area contributed by atoms with Crippen molar-refractivity contribution in [3.63, 3.8) is 0 Å². The van der Waals surface area contributed by atoms with Gasteiger partial charge in [-0.1, -0.05) is 30.4 Å². The number of benzene rings is 2. The average Bonchev–Trinajstić information content (AvgIpc) is 2.95. The van der Waals surface area contributed by atoms with Crippen LogP contribution >= 0.6 is 0 Å². The van der Waals surface area contributed by atoms with Gasteiger partial charge in [0, 0.05) is 18.7 Å². The molecule has 0 aliphatic heterocycles. The molecule has 0 radical (unpaired) electrons. The van der Waals surface area contributed by atoms with E-state index < -0.39 is 0 Å². The molecule has 1 aromatic heterocycles. The van der Waals surface area contributed by atoms with Crippen LogP contribution in [0.15, 0.2) is 47.3 Å². The van der Waals surface area contributed by atoms with E-state index in [0.717, 1.165) is 21.4 Å². The maximum absolute atomic E-state index is 13.5. The van der Waals surface area contributed by atoms with Gasteiger partial charge in [0.2, 0.25) is 0 Å². The number of allylic oxidation sites excluding steroid dienone is 1. The molecule has 3 rings (SSSR count). The molecule has 26 heavy (non-hydrogen) atoms. The maximum atomic E-state index is 13.5. The predicted octanol–water partition coefficient (Wildman–Crippen LogP) is 3.03. The highest BCUT2D eigenvalue weighted by Crippen LogP contribution is 2.24. The Morgan fingerprint density at radius 3 is 2.73 bits per heavy atom. The van der Waals surface area contributed by atoms with Gasteiger partial charge in [0.25, 0.3) is 0 Å². The topological polar surface area (TPSA) is 61.9 Å². The number of hydrogen-bond donors (Lipinski definition) is 0. The molecule has 3 aromatic rings. The van der Waals surface area contributed by atoms with E-state index in [1.807, 2.05) is 38.1 Å². The highest BCUT2D eigenvalue weighted by Gasteiger charge is 2.15. The lowest BCUT2D eigenvalue weighted by molar-refractivity contribution is 0.301. The Morgan fingerprint density at radius 1 is 1.23 bits per heavy atom. The molecule has 0 aliphatic carbocycles. The lowest BCUT2D eigenvalue weighted by atomic mass is 10.1. The summed E-state index contributed by atoms with van der Waals surface area (Å²) in [6, 6.07) is 9.93. The van der Waals surface area contributed by atoms with Gasteiger partial charge in [0.1, 0.15) is 18.2 Å². The molecule has 0 amide bonds. The van der Waals surface area contributed by atoms with Crippen LogP contribution in [0.25, 0.3) is 11.8 Å². The number of hydrogen-bond acceptors (Lipinski definition) is 4. The zero-order valence-electron chi connectivity index (χ0n) is 14.8. The standard InChI is InChI=1S/C19H19FN4O2/c1-4-6-14-7-5-8-17(24-19(25)23(3)21-22-24)16(14)12-26-18-11-15(20)10-9-13(18)2/h4-11H,12H2,1-3H3/b6-4+. The summed E-state index contributed by atoms with van der Waals surface area (Å²) >= 11 is 0. The number of nitrogens with zero attached hydrogens (tertiary/aromatic N) is 4. The fourth-order valence-corrected chi connectivity index (χ4v) is 2.63. The minimum Gasteiger partial charge on any atom is -0.488 e. The molecular formula is C19H19FN4O2. The second-order valence-corrected chi connectivity index (χ2v) is 5.84. The highest BCUT2D eigenvalue weighted by atomic mass is 19.1. The summed E-state index contributed by atoms with van der Waals surface area (Å²) in [7, 11) is 1.54. The van der Waals surface area contributed by atoms with Crippen LogP contribution in [0.4, 0.5) is 4.39 Å². The van der Waals surface area contributed by atoms with Gasteiger partial charge in [-0.3, -0.25) is 0 Å². The van der Waals surface area contributed by atoms with Crippen LogP contribution in [0.3, 0.4) is 0 Å². The monoisotopic (exact) mass is 354 g/mol. The van der Waals surface area contributed by atoms with E-state index in [0.29, 0.717) is 11.4 Å². The first-order chi connectivity index (χ1) is 12.5. The minimum absolute atomic E-state index is 0.156. The van der Waals surface area contributed by atoms with Crippen molar-refractivity contribution in [2.75, 3.05) is 0 Å². The Morgan fingerprint density at radius 2 is 2.04 bits per heavy atom. The third-order valence-electron chi connectivity index (χ3n) is 4.01. The molecule has 0 fully saturated rings. The molecule has 7 heteroatoms. The van der Waals surface area contributed by atoms with Crippen LogP contribution in [0.2, 0.25) is 0 Å². The van der Waals surface area contributed by atoms with Gasteiger partial charge in [0.05, 0.1) is 5.69 Å². The summed E-state index contributed by atoms with van der Waals surface area (Å²) < 4.78 is 21.8. The quantitative estimate of drug-likeness (QED) is 0.707. The second kappa shape index (κ2) is 7.35. The maximum Gasteiger partial charge on any atom is 0.368 e. The van der Waals surface area contributed by atoms with Gasteiger partial charge < -0.3 is 4.74 Å². The molecule has 0 aliphatic rings. The van der Waals surface area contributed by atoms with Crippen molar-refractivity contribution in [3.8, 4) is 11.4 Å². The summed E-state index contributed by atoms with van der Waals surface area (Å²) in [5, 5.41) is 7.67. The fraction of sp³-hybridized carbons (Fsp3) is 0.211. The lowest BCUT2D eigenvalue weighted by Gasteiger charge is -2.14. The van der Waals surface area contributed by atoms with Crippen LogP contribution in [-0.2, 0) is 13.7 Å². The first kappa shape index (κ1) is 17.6. The van der Waals surface area contributed by atoms with Gasteiger partial charge in [0.15, 0.2) is 0 Å². The van der Waals surface area contributed by atoms with E-state index in [-0.39, 0.29) is 18.1 Å². The largest absolute Gasteiger partial charge is 0.488 e. The van der Waals surface area contributed by atoms with Gasteiger partial charge in [-0.2, -0.15) is 9.36 Å². The lowest BCUT2D eigenvalue weighted by Crippen LogP contribution is -2.23. The van der Waals surface area contributed by atoms with E-state index in [1.165, 1.54) is 23.9 Å². The molecule has 134 valence electrons. The smallest absolute Gasteiger partial charge is 0.368 e. The van der Waals surface area contributed by atoms with Crippen molar-refractivity contribution in [2.24, 2.45) is 7.05 Å². The molecule has 2 aromatic carbocycles. The number of aryl methyl sites for hydroxylation is 2. The number of tetrazole rings is 1. The summed E-state index contributed by atoms with van der Waals surface area (Å²) in [6.07, 6.45) is 3.82. The van der Waals surface area contributed by atoms with Crippen LogP contribution < -0.4 is 10.4 Å². The summed E-state index contributed by atoms with van der Waals surface area (Å²) in [6.45, 7) is 3.91. The first-order valence-electron chi connectivity index (χ1n) is 8.14. The van der Waals surface area contributed by atoms with Crippen molar-refractivity contribution in [1.29, 1.82) is 0 Å². The number of halogens is 1. The van der Waals surface area contributed by atoms with Crippen LogP contribution in [-0.4, -0.2) is 19.8 Å². The molecule has 0 N–H and O–H groups in total. The van der Waals surface area contributed by atoms with E-state index in [9.17, 15) is 9.18 Å². The van der Waals surface area contributed by atoms with Gasteiger partial charge in [-0.25, -0.2) is 9.18 Å². The first-order valence-corrected chi connectivity index (χ1v) is 8.14. The van der Waals surface area contributed by atoms with Crippen LogP contribution in [0.1, 0.15) is 23.6 Å². The number of aromatic nitrogens is 4. The third kappa shape index (κ3) is 3.42. The van der Waals surface area contributed by atoms with Gasteiger partial charge in [-0.15, -0.1) is 0 Å². The normalized spacial score (nSPS) is 11.2. The molecular weight excluding hydrogens is 335 g/mol. The Kier molecular flexibility index (Phi) is 4.97. The van der Waals surface area contributed by atoms with Crippen molar-refractivity contribution < 1.29 is 9.13 Å². The van der Waals surface area contributed by atoms with Crippen molar-refractivity contribution in [1.82, 2.24) is 19.8 Å². The molecule has 0 spiro atoms. The Bertz CT molecular complexity index is 1020. The fourth-order valence-electron chi connectivity index (χ4n) is 2.63. The molecule has 0 atom stereocenters. The predicted molar refractivity (Wildman–Crippen MR) is 96.8 cm³/mol. The second-order valence-electron chi connectivity index (χ2n) is 5.84. The van der Waals surface area contributed by atoms with E-state index in [1.54, 1.807) is 12.1 Å². The molecule has 6 nitrogen and oxygen atoms in total. The van der Waals surface area contributed by atoms with E-state index >= 15 is 0 Å². The Labute approximate surface area is 150 Å². The van der Waals surface area contributed by atoms with Crippen molar-refractivity contribution >= 4 is 6.08 Å². The molecule has 1 heterocycles. The Hall–Kier alpha value is -3.22. The van der Waals surface area contributed by atoms with Crippen LogP contribution in [0, 0.1) is 12.7 Å².